The Hall–Kier alpha value is -11.0. The molecule has 0 saturated heterocycles. The number of fused-ring (bicyclic) bond motifs is 12. The highest BCUT2D eigenvalue weighted by Gasteiger charge is 2.18. The van der Waals surface area contributed by atoms with Crippen LogP contribution in [-0.2, 0) is 0 Å². The Labute approximate surface area is 499 Å². The topological polar surface area (TPSA) is 49.0 Å². The quantitative estimate of drug-likeness (QED) is 0.160. The molecule has 412 valence electrons. The molecule has 0 aliphatic rings. The summed E-state index contributed by atoms with van der Waals surface area (Å²) in [5.74, 6) is 0. The van der Waals surface area contributed by atoms with Gasteiger partial charge in [-0.15, -0.1) is 0 Å². The molecule has 0 aliphatic heterocycles. The van der Waals surface area contributed by atoms with Gasteiger partial charge >= 0.3 is 0 Å². The number of hydrogen-bond donors (Lipinski definition) is 0. The Bertz CT molecular complexity index is 5090. The number of rotatable bonds is 7. The molecule has 0 saturated carbocycles. The molecule has 0 unspecified atom stereocenters. The summed E-state index contributed by atoms with van der Waals surface area (Å²) in [4.78, 5) is 4.55. The summed E-state index contributed by atoms with van der Waals surface area (Å²) in [6.45, 7) is 8.00. The van der Waals surface area contributed by atoms with Crippen molar-refractivity contribution >= 4 is 87.6 Å². The van der Waals surface area contributed by atoms with E-state index in [2.05, 4.69) is 287 Å². The second-order valence-electron chi connectivity index (χ2n) is 21.1. The molecule has 0 spiro atoms. The molecule has 0 bridgehead atoms. The summed E-state index contributed by atoms with van der Waals surface area (Å²) >= 11 is 0. The molecule has 86 heavy (non-hydrogen) atoms. The first-order valence-corrected chi connectivity index (χ1v) is 29.8. The molecule has 0 aliphatic carbocycles. The maximum atomic E-state index is 6.27. The molecule has 5 nitrogen and oxygen atoms in total. The van der Waals surface area contributed by atoms with Crippen LogP contribution in [0.1, 0.15) is 27.7 Å². The normalized spacial score (nSPS) is 11.3. The number of benzene rings is 12. The number of furan rings is 2. The van der Waals surface area contributed by atoms with Crippen LogP contribution in [0.3, 0.4) is 0 Å². The Morgan fingerprint density at radius 2 is 0.605 bits per heavy atom. The Balaban J connectivity index is 0.000000144. The van der Waals surface area contributed by atoms with Crippen LogP contribution in [0.4, 0.5) is 0 Å². The van der Waals surface area contributed by atoms with Crippen LogP contribution in [0.5, 0.6) is 0 Å². The molecule has 5 heteroatoms. The van der Waals surface area contributed by atoms with Gasteiger partial charge in [-0.25, -0.2) is 0 Å². The van der Waals surface area contributed by atoms with Gasteiger partial charge in [-0.2, -0.15) is 0 Å². The van der Waals surface area contributed by atoms with Gasteiger partial charge in [-0.3, -0.25) is 4.98 Å². The van der Waals surface area contributed by atoms with Crippen LogP contribution in [0.25, 0.3) is 155 Å². The summed E-state index contributed by atoms with van der Waals surface area (Å²) in [6, 6.07) is 104. The number of nitrogens with zero attached hydrogens (tertiary/aromatic N) is 3. The molecule has 0 amide bonds. The Morgan fingerprint density at radius 3 is 1.15 bits per heavy atom. The summed E-state index contributed by atoms with van der Waals surface area (Å²) in [7, 11) is 0. The highest BCUT2D eigenvalue weighted by molar-refractivity contribution is 6.13. The Kier molecular flexibility index (Phi) is 14.2. The molecule has 17 aromatic rings. The third kappa shape index (κ3) is 9.55. The standard InChI is InChI=1S/C42H29N.C35H20N2O2.2C2H6/c1-4-12-30(13-5-1)32-16-10-18-34(26-32)36-22-24-41-39(28-36)40-29-37(23-25-42(40)43(41)38-20-8-3-9-21-38)35-19-11-17-33(27-35)31-14-6-2-7-15-31;1-3-8-29-24(6-1)25-7-2-4-9-30(25)37(29)23-13-16-32-27(20-23)26-18-21(11-14-31(26)38-32)22-12-15-33-28(19-22)35-34(39-33)10-5-17-36-35;2*1-2/h1-29H;1-20H;2*1-2H3. The van der Waals surface area contributed by atoms with E-state index < -0.39 is 0 Å². The third-order valence-electron chi connectivity index (χ3n) is 16.2. The van der Waals surface area contributed by atoms with Gasteiger partial charge < -0.3 is 18.0 Å². The number of pyridine rings is 1. The first-order valence-electron chi connectivity index (χ1n) is 29.8. The van der Waals surface area contributed by atoms with Crippen molar-refractivity contribution in [3.05, 3.63) is 297 Å². The van der Waals surface area contributed by atoms with Gasteiger partial charge in [0, 0.05) is 55.3 Å². The van der Waals surface area contributed by atoms with E-state index in [0.29, 0.717) is 0 Å². The van der Waals surface area contributed by atoms with Crippen molar-refractivity contribution in [3.8, 4) is 67.0 Å². The van der Waals surface area contributed by atoms with Gasteiger partial charge in [0.15, 0.2) is 5.58 Å². The fourth-order valence-corrected chi connectivity index (χ4v) is 12.3. The molecule has 0 radical (unpaired) electrons. The lowest BCUT2D eigenvalue weighted by Gasteiger charge is -2.09. The molecule has 5 heterocycles. The van der Waals surface area contributed by atoms with Crippen LogP contribution in [0.15, 0.2) is 306 Å². The lowest BCUT2D eigenvalue weighted by atomic mass is 9.96. The molecular weight excluding hydrogens is 1050 g/mol. The largest absolute Gasteiger partial charge is 0.456 e. The SMILES string of the molecule is CC.CC.c1ccc(-c2cccc(-c3ccc4c(c3)c3cc(-c5cccc(-c6ccccc6)c5)ccc3n4-c3ccccc3)c2)cc1.c1cnc2c(c1)oc1ccc(-c3ccc4oc5ccc(-n6c7ccccc7c7ccccc76)cc5c4c3)cc12. The third-order valence-corrected chi connectivity index (χ3v) is 16.2. The van der Waals surface area contributed by atoms with Gasteiger partial charge in [0.2, 0.25) is 0 Å². The van der Waals surface area contributed by atoms with E-state index in [0.717, 1.165) is 60.8 Å². The van der Waals surface area contributed by atoms with E-state index in [1.165, 1.54) is 93.8 Å². The minimum Gasteiger partial charge on any atom is -0.456 e. The van der Waals surface area contributed by atoms with Crippen molar-refractivity contribution in [1.29, 1.82) is 0 Å². The molecule has 5 aromatic heterocycles. The second kappa shape index (κ2) is 23.0. The van der Waals surface area contributed by atoms with Crippen molar-refractivity contribution < 1.29 is 8.83 Å². The number of aromatic nitrogens is 3. The lowest BCUT2D eigenvalue weighted by Crippen LogP contribution is -1.93. The molecular formula is C81H61N3O2. The predicted octanol–water partition coefficient (Wildman–Crippen LogP) is 23.1. The van der Waals surface area contributed by atoms with Gasteiger partial charge in [-0.1, -0.05) is 204 Å². The van der Waals surface area contributed by atoms with E-state index >= 15 is 0 Å². The van der Waals surface area contributed by atoms with Crippen LogP contribution in [0.2, 0.25) is 0 Å². The monoisotopic (exact) mass is 1110 g/mol. The average molecular weight is 1110 g/mol. The van der Waals surface area contributed by atoms with Crippen LogP contribution in [0, 0.1) is 0 Å². The predicted molar refractivity (Wildman–Crippen MR) is 364 cm³/mol. The van der Waals surface area contributed by atoms with Gasteiger partial charge in [0.1, 0.15) is 22.3 Å². The van der Waals surface area contributed by atoms with Crippen LogP contribution < -0.4 is 0 Å². The van der Waals surface area contributed by atoms with Crippen LogP contribution in [-0.4, -0.2) is 14.1 Å². The molecule has 0 atom stereocenters. The van der Waals surface area contributed by atoms with Crippen molar-refractivity contribution in [2.24, 2.45) is 0 Å². The minimum absolute atomic E-state index is 0.804. The second-order valence-corrected chi connectivity index (χ2v) is 21.1. The maximum Gasteiger partial charge on any atom is 0.153 e. The number of para-hydroxylation sites is 3. The van der Waals surface area contributed by atoms with Crippen LogP contribution >= 0.6 is 0 Å². The highest BCUT2D eigenvalue weighted by atomic mass is 16.3. The van der Waals surface area contributed by atoms with Crippen molar-refractivity contribution in [2.45, 2.75) is 27.7 Å². The van der Waals surface area contributed by atoms with E-state index in [1.54, 1.807) is 0 Å². The molecule has 0 N–H and O–H groups in total. The summed E-state index contributed by atoms with van der Waals surface area (Å²) in [5, 5.41) is 8.23. The number of hydrogen-bond acceptors (Lipinski definition) is 3. The Morgan fingerprint density at radius 1 is 0.233 bits per heavy atom. The summed E-state index contributed by atoms with van der Waals surface area (Å²) in [5.41, 5.74) is 23.4. The first kappa shape index (κ1) is 53.0. The zero-order valence-electron chi connectivity index (χ0n) is 48.4. The summed E-state index contributed by atoms with van der Waals surface area (Å²) < 4.78 is 17.0. The van der Waals surface area contributed by atoms with Gasteiger partial charge in [0.25, 0.3) is 0 Å². The minimum atomic E-state index is 0.804. The summed E-state index contributed by atoms with van der Waals surface area (Å²) in [6.07, 6.45) is 1.81. The van der Waals surface area contributed by atoms with Crippen molar-refractivity contribution in [2.75, 3.05) is 0 Å². The zero-order valence-corrected chi connectivity index (χ0v) is 48.4. The smallest absolute Gasteiger partial charge is 0.153 e. The fraction of sp³-hybridized carbons (Fsp3) is 0.0494. The van der Waals surface area contributed by atoms with E-state index in [9.17, 15) is 0 Å². The lowest BCUT2D eigenvalue weighted by molar-refractivity contribution is 0.668. The van der Waals surface area contributed by atoms with Crippen molar-refractivity contribution in [1.82, 2.24) is 14.1 Å². The van der Waals surface area contributed by atoms with E-state index in [4.69, 9.17) is 8.83 Å². The van der Waals surface area contributed by atoms with Gasteiger partial charge in [-0.05, 0) is 171 Å². The molecule has 17 rings (SSSR count). The maximum absolute atomic E-state index is 6.27. The zero-order chi connectivity index (χ0) is 58.1. The molecule has 12 aromatic carbocycles. The van der Waals surface area contributed by atoms with E-state index in [1.807, 2.05) is 52.1 Å². The highest BCUT2D eigenvalue weighted by Crippen LogP contribution is 2.41. The molecule has 0 fully saturated rings. The average Bonchev–Trinajstić information content (AvgIpc) is 1.77. The van der Waals surface area contributed by atoms with Gasteiger partial charge in [0.05, 0.1) is 22.1 Å². The first-order chi connectivity index (χ1) is 42.6. The van der Waals surface area contributed by atoms with E-state index in [-0.39, 0.29) is 0 Å². The van der Waals surface area contributed by atoms with Crippen molar-refractivity contribution in [3.63, 3.8) is 0 Å². The fourth-order valence-electron chi connectivity index (χ4n) is 12.3.